The van der Waals surface area contributed by atoms with Crippen LogP contribution in [0.3, 0.4) is 0 Å². The molecule has 1 heterocycles. The molecule has 1 N–H and O–H groups in total. The summed E-state index contributed by atoms with van der Waals surface area (Å²) < 4.78 is 11.0. The van der Waals surface area contributed by atoms with E-state index in [4.69, 9.17) is 0 Å². The number of aromatic nitrogens is 1. The molecule has 0 amide bonds. The lowest BCUT2D eigenvalue weighted by atomic mass is 10.1. The summed E-state index contributed by atoms with van der Waals surface area (Å²) in [5.74, 6) is 0.527. The van der Waals surface area contributed by atoms with Gasteiger partial charge in [-0.1, -0.05) is 12.1 Å². The molecule has 7 heteroatoms. The molecule has 19 heavy (non-hydrogen) atoms. The molecule has 1 unspecified atom stereocenters. The number of nitro groups is 1. The van der Waals surface area contributed by atoms with Crippen molar-refractivity contribution >= 4 is 33.1 Å². The number of benzene rings is 1. The Balaban J connectivity index is 2.38. The Morgan fingerprint density at radius 1 is 1.42 bits per heavy atom. The van der Waals surface area contributed by atoms with Crippen LogP contribution < -0.4 is 5.32 Å². The second kappa shape index (κ2) is 5.75. The van der Waals surface area contributed by atoms with Gasteiger partial charge < -0.3 is 5.32 Å². The van der Waals surface area contributed by atoms with Crippen LogP contribution in [0.1, 0.15) is 0 Å². The monoisotopic (exact) mass is 279 g/mol. The number of non-ortho nitro benzene ring substituents is 1. The van der Waals surface area contributed by atoms with Gasteiger partial charge in [0.05, 0.1) is 4.92 Å². The van der Waals surface area contributed by atoms with Crippen molar-refractivity contribution < 1.29 is 9.13 Å². The molecule has 1 atom stereocenters. The number of nitrogens with one attached hydrogen (secondary N) is 1. The predicted molar refractivity (Wildman–Crippen MR) is 75.8 cm³/mol. The highest BCUT2D eigenvalue weighted by Gasteiger charge is 2.14. The highest BCUT2D eigenvalue weighted by atomic mass is 32.2. The van der Waals surface area contributed by atoms with Crippen molar-refractivity contribution in [1.29, 1.82) is 0 Å². The molecular formula is C12H13N3O3S. The predicted octanol–water partition coefficient (Wildman–Crippen LogP) is 1.93. The van der Waals surface area contributed by atoms with Crippen LogP contribution in [0, 0.1) is 10.1 Å². The lowest BCUT2D eigenvalue weighted by molar-refractivity contribution is -0.383. The molecule has 6 nitrogen and oxygen atoms in total. The SMILES string of the molecule is CS(=O)CCNc1ccnc2c([N+](=O)[O-])cccc12. The maximum atomic E-state index is 11.0. The fraction of sp³-hybridized carbons (Fsp3) is 0.250. The van der Waals surface area contributed by atoms with Crippen LogP contribution >= 0.6 is 0 Å². The Kier molecular flexibility index (Phi) is 4.06. The molecule has 0 bridgehead atoms. The third-order valence-electron chi connectivity index (χ3n) is 2.65. The zero-order chi connectivity index (χ0) is 13.8. The van der Waals surface area contributed by atoms with E-state index in [-0.39, 0.29) is 5.69 Å². The van der Waals surface area contributed by atoms with Crippen LogP contribution in [0.15, 0.2) is 30.5 Å². The normalized spacial score (nSPS) is 12.3. The number of nitro benzene ring substituents is 1. The standard InChI is InChI=1S/C12H13N3O3S/c1-19(18)8-7-13-10-5-6-14-12-9(10)3-2-4-11(12)15(16)17/h2-6H,7-8H2,1H3,(H,13,14). The minimum absolute atomic E-state index is 0.0137. The topological polar surface area (TPSA) is 85.1 Å². The van der Waals surface area contributed by atoms with Gasteiger partial charge in [-0.3, -0.25) is 14.3 Å². The highest BCUT2D eigenvalue weighted by molar-refractivity contribution is 7.84. The van der Waals surface area contributed by atoms with Gasteiger partial charge in [0.15, 0.2) is 0 Å². The van der Waals surface area contributed by atoms with E-state index in [1.807, 2.05) is 0 Å². The van der Waals surface area contributed by atoms with Crippen molar-refractivity contribution in [3.05, 3.63) is 40.6 Å². The second-order valence-electron chi connectivity index (χ2n) is 3.99. The second-order valence-corrected chi connectivity index (χ2v) is 5.55. The molecule has 2 rings (SSSR count). The highest BCUT2D eigenvalue weighted by Crippen LogP contribution is 2.28. The first-order valence-electron chi connectivity index (χ1n) is 5.65. The largest absolute Gasteiger partial charge is 0.384 e. The fourth-order valence-corrected chi connectivity index (χ4v) is 2.18. The maximum absolute atomic E-state index is 11.0. The molecule has 0 aliphatic carbocycles. The molecule has 0 aliphatic rings. The third kappa shape index (κ3) is 3.05. The van der Waals surface area contributed by atoms with E-state index in [0.717, 1.165) is 5.69 Å². The number of fused-ring (bicyclic) bond motifs is 1. The summed E-state index contributed by atoms with van der Waals surface area (Å²) in [6.45, 7) is 0.547. The lowest BCUT2D eigenvalue weighted by Crippen LogP contribution is -2.10. The van der Waals surface area contributed by atoms with Gasteiger partial charge in [-0.15, -0.1) is 0 Å². The van der Waals surface area contributed by atoms with Crippen molar-refractivity contribution in [3.63, 3.8) is 0 Å². The van der Waals surface area contributed by atoms with E-state index in [1.165, 1.54) is 12.3 Å². The smallest absolute Gasteiger partial charge is 0.295 e. The van der Waals surface area contributed by atoms with Gasteiger partial charge in [0.25, 0.3) is 5.69 Å². The van der Waals surface area contributed by atoms with E-state index in [1.54, 1.807) is 24.5 Å². The van der Waals surface area contributed by atoms with Crippen LogP contribution in [0.5, 0.6) is 0 Å². The van der Waals surface area contributed by atoms with Crippen molar-refractivity contribution in [3.8, 4) is 0 Å². The third-order valence-corrected chi connectivity index (χ3v) is 3.43. The number of hydrogen-bond donors (Lipinski definition) is 1. The van der Waals surface area contributed by atoms with Gasteiger partial charge in [0.2, 0.25) is 0 Å². The molecule has 1 aromatic heterocycles. The Hall–Kier alpha value is -2.02. The van der Waals surface area contributed by atoms with E-state index in [0.29, 0.717) is 23.2 Å². The van der Waals surface area contributed by atoms with Gasteiger partial charge in [-0.25, -0.2) is 4.98 Å². The maximum Gasteiger partial charge on any atom is 0.295 e. The summed E-state index contributed by atoms with van der Waals surface area (Å²) in [6, 6.07) is 6.59. The molecule has 0 aliphatic heterocycles. The first-order valence-corrected chi connectivity index (χ1v) is 7.38. The Labute approximate surface area is 112 Å². The molecule has 0 saturated carbocycles. The molecule has 0 spiro atoms. The molecule has 0 radical (unpaired) electrons. The molecular weight excluding hydrogens is 266 g/mol. The molecule has 0 fully saturated rings. The number of anilines is 1. The van der Waals surface area contributed by atoms with Crippen LogP contribution in [0.25, 0.3) is 10.9 Å². The van der Waals surface area contributed by atoms with Crippen LogP contribution in [-0.2, 0) is 10.8 Å². The van der Waals surface area contributed by atoms with Gasteiger partial charge in [0, 0.05) is 52.7 Å². The number of hydrogen-bond acceptors (Lipinski definition) is 5. The van der Waals surface area contributed by atoms with E-state index >= 15 is 0 Å². The molecule has 0 saturated heterocycles. The van der Waals surface area contributed by atoms with Gasteiger partial charge in [-0.05, 0) is 6.07 Å². The average Bonchev–Trinajstić information content (AvgIpc) is 2.37. The molecule has 100 valence electrons. The Morgan fingerprint density at radius 3 is 2.89 bits per heavy atom. The minimum atomic E-state index is -0.871. The number of rotatable bonds is 5. The van der Waals surface area contributed by atoms with E-state index < -0.39 is 15.7 Å². The summed E-state index contributed by atoms with van der Waals surface area (Å²) in [6.07, 6.45) is 3.16. The van der Waals surface area contributed by atoms with Crippen molar-refractivity contribution in [1.82, 2.24) is 4.98 Å². The zero-order valence-electron chi connectivity index (χ0n) is 10.3. The van der Waals surface area contributed by atoms with Crippen molar-refractivity contribution in [2.75, 3.05) is 23.9 Å². The van der Waals surface area contributed by atoms with Gasteiger partial charge in [0.1, 0.15) is 5.52 Å². The first-order chi connectivity index (χ1) is 9.09. The summed E-state index contributed by atoms with van der Waals surface area (Å²) >= 11 is 0. The average molecular weight is 279 g/mol. The summed E-state index contributed by atoms with van der Waals surface area (Å²) in [5, 5.41) is 14.8. The minimum Gasteiger partial charge on any atom is -0.384 e. The summed E-state index contributed by atoms with van der Waals surface area (Å²) in [5.41, 5.74) is 1.11. The van der Waals surface area contributed by atoms with Gasteiger partial charge in [-0.2, -0.15) is 0 Å². The van der Waals surface area contributed by atoms with Crippen molar-refractivity contribution in [2.24, 2.45) is 0 Å². The fourth-order valence-electron chi connectivity index (χ4n) is 1.79. The zero-order valence-corrected chi connectivity index (χ0v) is 11.1. The summed E-state index contributed by atoms with van der Waals surface area (Å²) in [7, 11) is -0.871. The lowest BCUT2D eigenvalue weighted by Gasteiger charge is -2.08. The van der Waals surface area contributed by atoms with E-state index in [9.17, 15) is 14.3 Å². The quantitative estimate of drug-likeness (QED) is 0.667. The number of pyridine rings is 1. The summed E-state index contributed by atoms with van der Waals surface area (Å²) in [4.78, 5) is 14.6. The van der Waals surface area contributed by atoms with Crippen LogP contribution in [-0.4, -0.2) is 32.7 Å². The number of nitrogens with zero attached hydrogens (tertiary/aromatic N) is 2. The Bertz CT molecular complexity index is 645. The van der Waals surface area contributed by atoms with Gasteiger partial charge >= 0.3 is 0 Å². The number of para-hydroxylation sites is 1. The molecule has 2 aromatic rings. The first kappa shape index (κ1) is 13.4. The van der Waals surface area contributed by atoms with E-state index in [2.05, 4.69) is 10.3 Å². The Morgan fingerprint density at radius 2 is 2.21 bits per heavy atom. The molecule has 1 aromatic carbocycles. The van der Waals surface area contributed by atoms with Crippen molar-refractivity contribution in [2.45, 2.75) is 0 Å². The van der Waals surface area contributed by atoms with Crippen LogP contribution in [0.2, 0.25) is 0 Å². The van der Waals surface area contributed by atoms with Crippen LogP contribution in [0.4, 0.5) is 11.4 Å².